The molecular weight excluding hydrogens is 270 g/mol. The number of hydrogen-bond donors (Lipinski definition) is 1. The molecule has 0 fully saturated rings. The molecule has 0 aromatic rings. The number of primary amides is 1. The summed E-state index contributed by atoms with van der Waals surface area (Å²) in [6.45, 7) is 0. The minimum atomic E-state index is -0.160. The summed E-state index contributed by atoms with van der Waals surface area (Å²) in [5.74, 6) is 0.662. The van der Waals surface area contributed by atoms with Crippen LogP contribution in [-0.4, -0.2) is 11.8 Å². The minimum absolute atomic E-state index is 0.160. The molecule has 0 aliphatic carbocycles. The van der Waals surface area contributed by atoms with Gasteiger partial charge in [0.15, 0.2) is 0 Å². The van der Waals surface area contributed by atoms with Crippen molar-refractivity contribution in [1.82, 2.24) is 0 Å². The van der Waals surface area contributed by atoms with Gasteiger partial charge in [0.1, 0.15) is 0 Å². The van der Waals surface area contributed by atoms with Crippen LogP contribution in [0.25, 0.3) is 0 Å². The Bertz CT molecular complexity index is 209. The van der Waals surface area contributed by atoms with Gasteiger partial charge in [-0.15, -0.1) is 11.6 Å². The predicted octanol–water partition coefficient (Wildman–Crippen LogP) is 5.56. The topological polar surface area (TPSA) is 43.1 Å². The van der Waals surface area contributed by atoms with Crippen LogP contribution in [0.5, 0.6) is 0 Å². The first-order chi connectivity index (χ1) is 9.77. The highest BCUT2D eigenvalue weighted by atomic mass is 35.5. The summed E-state index contributed by atoms with van der Waals surface area (Å²) in [5.41, 5.74) is 5.10. The molecule has 0 aliphatic rings. The first-order valence-electron chi connectivity index (χ1n) is 8.61. The van der Waals surface area contributed by atoms with E-state index in [-0.39, 0.29) is 5.91 Å². The summed E-state index contributed by atoms with van der Waals surface area (Å²) in [6.07, 6.45) is 18.8. The summed E-state index contributed by atoms with van der Waals surface area (Å²) in [4.78, 5) is 10.5. The number of nitrogens with two attached hydrogens (primary N) is 1. The summed E-state index contributed by atoms with van der Waals surface area (Å²) >= 11 is 5.65. The van der Waals surface area contributed by atoms with Gasteiger partial charge < -0.3 is 5.73 Å². The van der Waals surface area contributed by atoms with Crippen LogP contribution in [-0.2, 0) is 4.79 Å². The second-order valence-corrected chi connectivity index (χ2v) is 6.23. The van der Waals surface area contributed by atoms with Gasteiger partial charge in [0, 0.05) is 12.3 Å². The molecule has 0 saturated carbocycles. The van der Waals surface area contributed by atoms with Crippen molar-refractivity contribution in [2.45, 2.75) is 96.3 Å². The summed E-state index contributed by atoms with van der Waals surface area (Å²) in [7, 11) is 0. The van der Waals surface area contributed by atoms with Crippen molar-refractivity contribution in [3.8, 4) is 0 Å². The fraction of sp³-hybridized carbons (Fsp3) is 0.941. The fourth-order valence-corrected chi connectivity index (χ4v) is 2.70. The second kappa shape index (κ2) is 16.8. The van der Waals surface area contributed by atoms with Gasteiger partial charge in [0.25, 0.3) is 0 Å². The highest BCUT2D eigenvalue weighted by Crippen LogP contribution is 2.13. The fourth-order valence-electron chi connectivity index (χ4n) is 2.52. The molecule has 0 aliphatic heterocycles. The van der Waals surface area contributed by atoms with E-state index >= 15 is 0 Å². The molecular formula is C17H34ClNO. The lowest BCUT2D eigenvalue weighted by Crippen LogP contribution is -2.09. The van der Waals surface area contributed by atoms with E-state index in [9.17, 15) is 4.79 Å². The first kappa shape index (κ1) is 19.8. The Hall–Kier alpha value is -0.240. The van der Waals surface area contributed by atoms with E-state index in [2.05, 4.69) is 0 Å². The van der Waals surface area contributed by atoms with Crippen LogP contribution in [0.1, 0.15) is 96.3 Å². The molecule has 0 unspecified atom stereocenters. The Balaban J connectivity index is 2.94. The average Bonchev–Trinajstić information content (AvgIpc) is 2.43. The average molecular weight is 304 g/mol. The van der Waals surface area contributed by atoms with Crippen LogP contribution < -0.4 is 5.73 Å². The Kier molecular flexibility index (Phi) is 16.6. The molecule has 2 N–H and O–H groups in total. The van der Waals surface area contributed by atoms with E-state index in [0.717, 1.165) is 18.7 Å². The van der Waals surface area contributed by atoms with Gasteiger partial charge in [0.05, 0.1) is 0 Å². The molecule has 0 radical (unpaired) electrons. The number of halogens is 1. The van der Waals surface area contributed by atoms with Crippen LogP contribution >= 0.6 is 11.6 Å². The molecule has 3 heteroatoms. The lowest BCUT2D eigenvalue weighted by molar-refractivity contribution is -0.118. The van der Waals surface area contributed by atoms with E-state index in [4.69, 9.17) is 17.3 Å². The van der Waals surface area contributed by atoms with E-state index in [1.165, 1.54) is 77.0 Å². The van der Waals surface area contributed by atoms with Gasteiger partial charge in [-0.2, -0.15) is 0 Å². The van der Waals surface area contributed by atoms with Crippen molar-refractivity contribution in [3.63, 3.8) is 0 Å². The summed E-state index contributed by atoms with van der Waals surface area (Å²) < 4.78 is 0. The lowest BCUT2D eigenvalue weighted by Gasteiger charge is -2.03. The summed E-state index contributed by atoms with van der Waals surface area (Å²) in [5, 5.41) is 0. The van der Waals surface area contributed by atoms with Crippen LogP contribution in [0.4, 0.5) is 0 Å². The zero-order valence-corrected chi connectivity index (χ0v) is 13.9. The van der Waals surface area contributed by atoms with Crippen molar-refractivity contribution in [2.24, 2.45) is 5.73 Å². The van der Waals surface area contributed by atoms with Crippen molar-refractivity contribution in [2.75, 3.05) is 5.88 Å². The third-order valence-electron chi connectivity index (χ3n) is 3.81. The van der Waals surface area contributed by atoms with Crippen LogP contribution in [0.15, 0.2) is 0 Å². The van der Waals surface area contributed by atoms with Crippen molar-refractivity contribution < 1.29 is 4.79 Å². The van der Waals surface area contributed by atoms with E-state index < -0.39 is 0 Å². The van der Waals surface area contributed by atoms with Crippen LogP contribution in [0.2, 0.25) is 0 Å². The molecule has 0 bridgehead atoms. The van der Waals surface area contributed by atoms with Gasteiger partial charge in [-0.05, 0) is 12.8 Å². The van der Waals surface area contributed by atoms with Crippen LogP contribution in [0, 0.1) is 0 Å². The minimum Gasteiger partial charge on any atom is -0.370 e. The van der Waals surface area contributed by atoms with E-state index in [1.54, 1.807) is 0 Å². The highest BCUT2D eigenvalue weighted by Gasteiger charge is 1.96. The number of carbonyl (C=O) groups is 1. The number of alkyl halides is 1. The Morgan fingerprint density at radius 2 is 0.900 bits per heavy atom. The van der Waals surface area contributed by atoms with Gasteiger partial charge >= 0.3 is 0 Å². The molecule has 0 aromatic heterocycles. The molecule has 0 aromatic carbocycles. The van der Waals surface area contributed by atoms with Crippen molar-refractivity contribution in [1.29, 1.82) is 0 Å². The second-order valence-electron chi connectivity index (χ2n) is 5.86. The number of rotatable bonds is 16. The summed E-state index contributed by atoms with van der Waals surface area (Å²) in [6, 6.07) is 0. The highest BCUT2D eigenvalue weighted by molar-refractivity contribution is 6.17. The van der Waals surface area contributed by atoms with Gasteiger partial charge in [-0.1, -0.05) is 77.0 Å². The van der Waals surface area contributed by atoms with Gasteiger partial charge in [-0.25, -0.2) is 0 Å². The van der Waals surface area contributed by atoms with Crippen LogP contribution in [0.3, 0.4) is 0 Å². The Labute approximate surface area is 130 Å². The molecule has 20 heavy (non-hydrogen) atoms. The van der Waals surface area contributed by atoms with Gasteiger partial charge in [0.2, 0.25) is 5.91 Å². The maximum absolute atomic E-state index is 10.5. The van der Waals surface area contributed by atoms with Crippen molar-refractivity contribution in [3.05, 3.63) is 0 Å². The number of unbranched alkanes of at least 4 members (excludes halogenated alkanes) is 13. The molecule has 0 spiro atoms. The third kappa shape index (κ3) is 17.8. The zero-order valence-electron chi connectivity index (χ0n) is 13.2. The molecule has 0 saturated heterocycles. The van der Waals surface area contributed by atoms with Crippen molar-refractivity contribution >= 4 is 17.5 Å². The normalized spacial score (nSPS) is 10.8. The molecule has 120 valence electrons. The van der Waals surface area contributed by atoms with Gasteiger partial charge in [-0.3, -0.25) is 4.79 Å². The quantitative estimate of drug-likeness (QED) is 0.294. The molecule has 2 nitrogen and oxygen atoms in total. The largest absolute Gasteiger partial charge is 0.370 e. The Morgan fingerprint density at radius 1 is 0.600 bits per heavy atom. The standard InChI is InChI=1S/C17H34ClNO/c18-16-14-12-10-8-6-4-2-1-3-5-7-9-11-13-15-17(19)20/h1-16H2,(H2,19,20). The lowest BCUT2D eigenvalue weighted by atomic mass is 10.0. The number of amides is 1. The monoisotopic (exact) mass is 303 g/mol. The maximum atomic E-state index is 10.5. The van der Waals surface area contributed by atoms with E-state index in [1.807, 2.05) is 0 Å². The van der Waals surface area contributed by atoms with E-state index in [0.29, 0.717) is 6.42 Å². The molecule has 0 atom stereocenters. The third-order valence-corrected chi connectivity index (χ3v) is 4.07. The number of carbonyl (C=O) groups excluding carboxylic acids is 1. The SMILES string of the molecule is NC(=O)CCCCCCCCCCCCCCCCCl. The Morgan fingerprint density at radius 3 is 1.20 bits per heavy atom. The first-order valence-corrected chi connectivity index (χ1v) is 9.15. The smallest absolute Gasteiger partial charge is 0.217 e. The molecule has 0 rings (SSSR count). The zero-order chi connectivity index (χ0) is 14.9. The predicted molar refractivity (Wildman–Crippen MR) is 89.2 cm³/mol. The molecule has 0 heterocycles. The maximum Gasteiger partial charge on any atom is 0.217 e. The number of hydrogen-bond acceptors (Lipinski definition) is 1. The molecule has 1 amide bonds.